The number of rotatable bonds is 3. The van der Waals surface area contributed by atoms with Crippen LogP contribution in [0.3, 0.4) is 0 Å². The van der Waals surface area contributed by atoms with Gasteiger partial charge in [0, 0.05) is 11.8 Å². The second-order valence-corrected chi connectivity index (χ2v) is 4.74. The van der Waals surface area contributed by atoms with Gasteiger partial charge in [0.2, 0.25) is 0 Å². The molecule has 0 aromatic heterocycles. The second-order valence-electron chi connectivity index (χ2n) is 3.55. The molecule has 1 aliphatic heterocycles. The molecule has 2 nitrogen and oxygen atoms in total. The van der Waals surface area contributed by atoms with Gasteiger partial charge in [0.05, 0.1) is 12.4 Å². The molecule has 0 saturated heterocycles. The monoisotopic (exact) mass is 299 g/mol. The molecule has 0 amide bonds. The first-order valence-corrected chi connectivity index (χ1v) is 5.88. The van der Waals surface area contributed by atoms with E-state index in [0.717, 1.165) is 11.4 Å². The van der Waals surface area contributed by atoms with Gasteiger partial charge in [-0.1, -0.05) is 30.3 Å². The third-order valence-electron chi connectivity index (χ3n) is 2.26. The van der Waals surface area contributed by atoms with Gasteiger partial charge in [0.25, 0.3) is 0 Å². The van der Waals surface area contributed by atoms with Crippen molar-refractivity contribution in [2.24, 2.45) is 0 Å². The lowest BCUT2D eigenvalue weighted by atomic mass is 10.1. The maximum atomic E-state index is 11.8. The van der Waals surface area contributed by atoms with Crippen LogP contribution < -0.4 is 0 Å². The molecule has 1 aliphatic rings. The SMILES string of the molecule is Br.CC1=CN(CC(=O)c2ccccc2)CS1. The van der Waals surface area contributed by atoms with Crippen molar-refractivity contribution in [2.45, 2.75) is 6.92 Å². The van der Waals surface area contributed by atoms with Gasteiger partial charge in [0.1, 0.15) is 0 Å². The molecule has 1 aromatic carbocycles. The molecule has 0 atom stereocenters. The quantitative estimate of drug-likeness (QED) is 0.799. The van der Waals surface area contributed by atoms with Crippen LogP contribution in [0.4, 0.5) is 0 Å². The maximum Gasteiger partial charge on any atom is 0.182 e. The molecule has 0 spiro atoms. The molecule has 0 aliphatic carbocycles. The van der Waals surface area contributed by atoms with Gasteiger partial charge < -0.3 is 4.90 Å². The Kier molecular flexibility index (Phi) is 5.09. The highest BCUT2D eigenvalue weighted by molar-refractivity contribution is 8.93. The molecule has 0 unspecified atom stereocenters. The minimum atomic E-state index is 0. The molecule has 86 valence electrons. The molecule has 0 N–H and O–H groups in total. The summed E-state index contributed by atoms with van der Waals surface area (Å²) in [5.41, 5.74) is 0.792. The van der Waals surface area contributed by atoms with E-state index < -0.39 is 0 Å². The normalized spacial score (nSPS) is 14.3. The minimum Gasteiger partial charge on any atom is -0.360 e. The lowest BCUT2D eigenvalue weighted by Gasteiger charge is -2.12. The molecule has 0 radical (unpaired) electrons. The molecule has 1 aromatic rings. The van der Waals surface area contributed by atoms with Gasteiger partial charge in [0.15, 0.2) is 5.78 Å². The van der Waals surface area contributed by atoms with Crippen molar-refractivity contribution in [3.05, 3.63) is 47.0 Å². The fraction of sp³-hybridized carbons (Fsp3) is 0.250. The van der Waals surface area contributed by atoms with Crippen molar-refractivity contribution in [3.63, 3.8) is 0 Å². The minimum absolute atomic E-state index is 0. The number of nitrogens with zero attached hydrogens (tertiary/aromatic N) is 1. The molecular formula is C12H14BrNOS. The van der Waals surface area contributed by atoms with Crippen LogP contribution >= 0.6 is 28.7 Å². The fourth-order valence-electron chi connectivity index (χ4n) is 1.51. The Labute approximate surface area is 110 Å². The van der Waals surface area contributed by atoms with Gasteiger partial charge in [-0.3, -0.25) is 4.79 Å². The molecule has 16 heavy (non-hydrogen) atoms. The Morgan fingerprint density at radius 1 is 1.38 bits per heavy atom. The summed E-state index contributed by atoms with van der Waals surface area (Å²) >= 11 is 1.78. The first-order chi connectivity index (χ1) is 7.25. The van der Waals surface area contributed by atoms with Crippen LogP contribution in [0, 0.1) is 0 Å². The van der Waals surface area contributed by atoms with E-state index in [2.05, 4.69) is 11.8 Å². The van der Waals surface area contributed by atoms with Gasteiger partial charge in [-0.05, 0) is 11.8 Å². The Bertz CT molecular complexity index is 391. The van der Waals surface area contributed by atoms with Crippen LogP contribution in [0.5, 0.6) is 0 Å². The van der Waals surface area contributed by atoms with E-state index in [0.29, 0.717) is 6.54 Å². The smallest absolute Gasteiger partial charge is 0.182 e. The molecule has 0 saturated carbocycles. The predicted octanol–water partition coefficient (Wildman–Crippen LogP) is 3.31. The Morgan fingerprint density at radius 3 is 2.62 bits per heavy atom. The van der Waals surface area contributed by atoms with Crippen LogP contribution in [-0.4, -0.2) is 23.1 Å². The Hall–Kier alpha value is -0.740. The highest BCUT2D eigenvalue weighted by Gasteiger charge is 2.14. The van der Waals surface area contributed by atoms with Crippen molar-refractivity contribution in [1.82, 2.24) is 4.90 Å². The molecule has 1 heterocycles. The summed E-state index contributed by atoms with van der Waals surface area (Å²) < 4.78 is 0. The highest BCUT2D eigenvalue weighted by Crippen LogP contribution is 2.24. The zero-order valence-corrected chi connectivity index (χ0v) is 11.6. The van der Waals surface area contributed by atoms with E-state index >= 15 is 0 Å². The number of hydrogen-bond donors (Lipinski definition) is 0. The zero-order valence-electron chi connectivity index (χ0n) is 9.05. The largest absolute Gasteiger partial charge is 0.360 e. The van der Waals surface area contributed by atoms with E-state index in [1.807, 2.05) is 36.5 Å². The number of ketones is 1. The van der Waals surface area contributed by atoms with Crippen LogP contribution in [0.1, 0.15) is 17.3 Å². The molecule has 0 fully saturated rings. The third kappa shape index (κ3) is 3.39. The van der Waals surface area contributed by atoms with Gasteiger partial charge >= 0.3 is 0 Å². The fourth-order valence-corrected chi connectivity index (χ4v) is 2.27. The number of benzene rings is 1. The molecular weight excluding hydrogens is 286 g/mol. The van der Waals surface area contributed by atoms with Crippen LogP contribution in [0.15, 0.2) is 41.4 Å². The van der Waals surface area contributed by atoms with E-state index in [9.17, 15) is 4.79 Å². The van der Waals surface area contributed by atoms with Crippen molar-refractivity contribution < 1.29 is 4.79 Å². The van der Waals surface area contributed by atoms with Gasteiger partial charge in [-0.2, -0.15) is 0 Å². The predicted molar refractivity (Wildman–Crippen MR) is 74.0 cm³/mol. The number of halogens is 1. The van der Waals surface area contributed by atoms with Crippen molar-refractivity contribution in [2.75, 3.05) is 12.4 Å². The Morgan fingerprint density at radius 2 is 2.06 bits per heavy atom. The summed E-state index contributed by atoms with van der Waals surface area (Å²) in [7, 11) is 0. The number of carbonyl (C=O) groups is 1. The Balaban J connectivity index is 0.00000128. The van der Waals surface area contributed by atoms with E-state index in [-0.39, 0.29) is 22.8 Å². The molecule has 2 rings (SSSR count). The second kappa shape index (κ2) is 6.11. The number of hydrogen-bond acceptors (Lipinski definition) is 3. The number of Topliss-reactive ketones (excluding diaryl/α,β-unsaturated/α-hetero) is 1. The summed E-state index contributed by atoms with van der Waals surface area (Å²) in [5.74, 6) is 1.08. The van der Waals surface area contributed by atoms with Crippen molar-refractivity contribution in [1.29, 1.82) is 0 Å². The highest BCUT2D eigenvalue weighted by atomic mass is 79.9. The zero-order chi connectivity index (χ0) is 10.7. The number of carbonyl (C=O) groups excluding carboxylic acids is 1. The van der Waals surface area contributed by atoms with Crippen LogP contribution in [0.2, 0.25) is 0 Å². The summed E-state index contributed by atoms with van der Waals surface area (Å²) in [4.78, 5) is 15.2. The van der Waals surface area contributed by atoms with Crippen LogP contribution in [-0.2, 0) is 0 Å². The maximum absolute atomic E-state index is 11.8. The van der Waals surface area contributed by atoms with Gasteiger partial charge in [-0.25, -0.2) is 0 Å². The average Bonchev–Trinajstić information content (AvgIpc) is 2.65. The van der Waals surface area contributed by atoms with E-state index in [1.54, 1.807) is 11.8 Å². The molecule has 4 heteroatoms. The van der Waals surface area contributed by atoms with Gasteiger partial charge in [-0.15, -0.1) is 28.7 Å². The lowest BCUT2D eigenvalue weighted by Crippen LogP contribution is -2.22. The summed E-state index contributed by atoms with van der Waals surface area (Å²) in [6.45, 7) is 2.55. The summed E-state index contributed by atoms with van der Waals surface area (Å²) in [6, 6.07) is 9.44. The number of thioether (sulfide) groups is 1. The average molecular weight is 300 g/mol. The molecule has 0 bridgehead atoms. The summed E-state index contributed by atoms with van der Waals surface area (Å²) in [6.07, 6.45) is 2.05. The van der Waals surface area contributed by atoms with Crippen molar-refractivity contribution >= 4 is 34.5 Å². The number of allylic oxidation sites excluding steroid dienone is 1. The lowest BCUT2D eigenvalue weighted by molar-refractivity contribution is 0.0963. The van der Waals surface area contributed by atoms with E-state index in [4.69, 9.17) is 0 Å². The third-order valence-corrected chi connectivity index (χ3v) is 3.29. The standard InChI is InChI=1S/C12H13NOS.BrH/c1-10-7-13(9-15-10)8-12(14)11-5-3-2-4-6-11;/h2-7H,8-9H2,1H3;1H. The van der Waals surface area contributed by atoms with Crippen LogP contribution in [0.25, 0.3) is 0 Å². The van der Waals surface area contributed by atoms with E-state index in [1.165, 1.54) is 4.91 Å². The topological polar surface area (TPSA) is 20.3 Å². The van der Waals surface area contributed by atoms with Crippen molar-refractivity contribution in [3.8, 4) is 0 Å². The first kappa shape index (κ1) is 13.3. The first-order valence-electron chi connectivity index (χ1n) is 4.89. The summed E-state index contributed by atoms with van der Waals surface area (Å²) in [5, 5.41) is 0.